The van der Waals surface area contributed by atoms with Crippen LogP contribution in [0.5, 0.6) is 0 Å². The normalized spacial score (nSPS) is 14.2. The van der Waals surface area contributed by atoms with Gasteiger partial charge in [-0.25, -0.2) is 0 Å². The lowest BCUT2D eigenvalue weighted by Crippen LogP contribution is -2.16. The summed E-state index contributed by atoms with van der Waals surface area (Å²) in [6.07, 6.45) is 2.07. The van der Waals surface area contributed by atoms with Gasteiger partial charge in [0.25, 0.3) is 0 Å². The molecule has 2 aromatic rings. The average molecular weight is 346 g/mol. The lowest BCUT2D eigenvalue weighted by Gasteiger charge is -2.12. The molecular weight excluding hydrogens is 329 g/mol. The van der Waals surface area contributed by atoms with Gasteiger partial charge in [-0.3, -0.25) is 0 Å². The maximum Gasteiger partial charge on any atom is 0.236 e. The number of hydrogen-bond donors (Lipinski definition) is 1. The van der Waals surface area contributed by atoms with E-state index >= 15 is 0 Å². The Kier molecular flexibility index (Phi) is 5.93. The van der Waals surface area contributed by atoms with Crippen molar-refractivity contribution in [1.82, 2.24) is 15.5 Å². The van der Waals surface area contributed by atoms with E-state index in [0.717, 1.165) is 35.8 Å². The van der Waals surface area contributed by atoms with Gasteiger partial charge in [0.2, 0.25) is 5.89 Å². The molecule has 0 fully saturated rings. The highest BCUT2D eigenvalue weighted by molar-refractivity contribution is 7.98. The lowest BCUT2D eigenvalue weighted by atomic mass is 10.0. The molecule has 0 spiro atoms. The Morgan fingerprint density at radius 2 is 2.14 bits per heavy atom. The van der Waals surface area contributed by atoms with Crippen molar-refractivity contribution in [2.75, 3.05) is 13.1 Å². The first-order valence-electron chi connectivity index (χ1n) is 6.67. The maximum absolute atomic E-state index is 6.38. The van der Waals surface area contributed by atoms with Gasteiger partial charge in [-0.05, 0) is 50.0 Å². The van der Waals surface area contributed by atoms with E-state index in [1.165, 1.54) is 11.1 Å². The summed E-state index contributed by atoms with van der Waals surface area (Å²) in [4.78, 5) is 5.39. The predicted octanol–water partition coefficient (Wildman–Crippen LogP) is 3.43. The fraction of sp³-hybridized carbons (Fsp3) is 0.429. The standard InChI is InChI=1S/C14H16ClN3OS.ClH/c1-9-17-13(19-18-9)8-20-14-11-5-7-16-6-4-10(11)2-3-12(14)15;/h2-3,16H,4-8H2,1H3;1H. The molecule has 1 aliphatic rings. The number of fused-ring (bicyclic) bond motifs is 1. The van der Waals surface area contributed by atoms with Crippen LogP contribution >= 0.6 is 35.8 Å². The van der Waals surface area contributed by atoms with E-state index < -0.39 is 0 Å². The first-order valence-corrected chi connectivity index (χ1v) is 8.03. The monoisotopic (exact) mass is 345 g/mol. The zero-order chi connectivity index (χ0) is 13.9. The smallest absolute Gasteiger partial charge is 0.236 e. The van der Waals surface area contributed by atoms with Crippen LogP contribution in [0.2, 0.25) is 5.02 Å². The van der Waals surface area contributed by atoms with Gasteiger partial charge in [0.1, 0.15) is 0 Å². The fourth-order valence-corrected chi connectivity index (χ4v) is 3.74. The zero-order valence-electron chi connectivity index (χ0n) is 11.7. The van der Waals surface area contributed by atoms with E-state index in [2.05, 4.69) is 21.5 Å². The molecule has 7 heteroatoms. The molecule has 3 rings (SSSR count). The summed E-state index contributed by atoms with van der Waals surface area (Å²) in [5.41, 5.74) is 2.76. The van der Waals surface area contributed by atoms with Gasteiger partial charge >= 0.3 is 0 Å². The lowest BCUT2D eigenvalue weighted by molar-refractivity contribution is 0.387. The summed E-state index contributed by atoms with van der Waals surface area (Å²) in [6.45, 7) is 3.85. The van der Waals surface area contributed by atoms with E-state index in [4.69, 9.17) is 16.1 Å². The Morgan fingerprint density at radius 1 is 1.33 bits per heavy atom. The van der Waals surface area contributed by atoms with E-state index in [-0.39, 0.29) is 12.4 Å². The van der Waals surface area contributed by atoms with Crippen LogP contribution in [0.4, 0.5) is 0 Å². The Morgan fingerprint density at radius 3 is 2.90 bits per heavy atom. The van der Waals surface area contributed by atoms with Crippen molar-refractivity contribution in [3.8, 4) is 0 Å². The van der Waals surface area contributed by atoms with Crippen molar-refractivity contribution in [2.45, 2.75) is 30.4 Å². The Bertz CT molecular complexity index is 618. The SMILES string of the molecule is Cc1noc(CSc2c(Cl)ccc3c2CCNCC3)n1.Cl. The Labute approximate surface area is 139 Å². The third-order valence-corrected chi connectivity index (χ3v) is 4.92. The number of aromatic nitrogens is 2. The Hall–Kier alpha value is -0.750. The molecule has 0 saturated heterocycles. The van der Waals surface area contributed by atoms with Crippen LogP contribution in [-0.2, 0) is 18.6 Å². The maximum atomic E-state index is 6.38. The van der Waals surface area contributed by atoms with Crippen LogP contribution < -0.4 is 5.32 Å². The van der Waals surface area contributed by atoms with Gasteiger partial charge in [-0.1, -0.05) is 22.8 Å². The van der Waals surface area contributed by atoms with Gasteiger partial charge in [0.15, 0.2) is 5.82 Å². The Balaban J connectivity index is 0.00000161. The van der Waals surface area contributed by atoms with Crippen molar-refractivity contribution in [1.29, 1.82) is 0 Å². The van der Waals surface area contributed by atoms with Gasteiger partial charge < -0.3 is 9.84 Å². The van der Waals surface area contributed by atoms with Crippen molar-refractivity contribution < 1.29 is 4.52 Å². The summed E-state index contributed by atoms with van der Waals surface area (Å²) in [6, 6.07) is 4.14. The van der Waals surface area contributed by atoms with Crippen LogP contribution in [0.25, 0.3) is 0 Å². The molecule has 4 nitrogen and oxygen atoms in total. The van der Waals surface area contributed by atoms with E-state index in [0.29, 0.717) is 17.5 Å². The number of nitrogens with one attached hydrogen (secondary N) is 1. The molecule has 21 heavy (non-hydrogen) atoms. The minimum atomic E-state index is 0. The number of aryl methyl sites for hydroxylation is 1. The van der Waals surface area contributed by atoms with Gasteiger partial charge in [0, 0.05) is 4.90 Å². The molecule has 0 amide bonds. The third-order valence-electron chi connectivity index (χ3n) is 3.34. The molecule has 0 bridgehead atoms. The summed E-state index contributed by atoms with van der Waals surface area (Å²) in [5.74, 6) is 1.97. The number of rotatable bonds is 3. The van der Waals surface area contributed by atoms with E-state index in [9.17, 15) is 0 Å². The minimum absolute atomic E-state index is 0. The van der Waals surface area contributed by atoms with Crippen LogP contribution in [0.3, 0.4) is 0 Å². The molecule has 1 aromatic heterocycles. The molecule has 0 aliphatic carbocycles. The summed E-state index contributed by atoms with van der Waals surface area (Å²) in [7, 11) is 0. The summed E-state index contributed by atoms with van der Waals surface area (Å²) >= 11 is 8.06. The minimum Gasteiger partial charge on any atom is -0.338 e. The first kappa shape index (κ1) is 16.6. The van der Waals surface area contributed by atoms with Crippen LogP contribution in [0.15, 0.2) is 21.6 Å². The van der Waals surface area contributed by atoms with Crippen molar-refractivity contribution >= 4 is 35.8 Å². The molecule has 1 N–H and O–H groups in total. The van der Waals surface area contributed by atoms with Crippen molar-refractivity contribution in [3.05, 3.63) is 40.0 Å². The molecule has 0 atom stereocenters. The molecular formula is C14H17Cl2N3OS. The quantitative estimate of drug-likeness (QED) is 0.863. The van der Waals surface area contributed by atoms with Crippen LogP contribution in [0.1, 0.15) is 22.8 Å². The first-order chi connectivity index (χ1) is 9.74. The second kappa shape index (κ2) is 7.49. The van der Waals surface area contributed by atoms with Crippen molar-refractivity contribution in [3.63, 3.8) is 0 Å². The van der Waals surface area contributed by atoms with Gasteiger partial charge in [-0.2, -0.15) is 4.98 Å². The van der Waals surface area contributed by atoms with E-state index in [1.807, 2.05) is 13.0 Å². The van der Waals surface area contributed by atoms with Crippen molar-refractivity contribution in [2.24, 2.45) is 0 Å². The molecule has 0 unspecified atom stereocenters. The highest BCUT2D eigenvalue weighted by Crippen LogP contribution is 2.35. The van der Waals surface area contributed by atoms with Crippen LogP contribution in [0, 0.1) is 6.92 Å². The van der Waals surface area contributed by atoms with Gasteiger partial charge in [0.05, 0.1) is 10.8 Å². The number of hydrogen-bond acceptors (Lipinski definition) is 5. The van der Waals surface area contributed by atoms with Crippen LogP contribution in [-0.4, -0.2) is 23.2 Å². The fourth-order valence-electron chi connectivity index (χ4n) is 2.40. The average Bonchev–Trinajstić information content (AvgIpc) is 2.71. The molecule has 1 aliphatic heterocycles. The second-order valence-electron chi connectivity index (χ2n) is 4.79. The number of benzene rings is 1. The molecule has 114 valence electrons. The highest BCUT2D eigenvalue weighted by Gasteiger charge is 2.16. The second-order valence-corrected chi connectivity index (χ2v) is 6.18. The van der Waals surface area contributed by atoms with Gasteiger partial charge in [-0.15, -0.1) is 24.2 Å². The molecule has 0 saturated carbocycles. The third kappa shape index (κ3) is 3.92. The predicted molar refractivity (Wildman–Crippen MR) is 87.6 cm³/mol. The summed E-state index contributed by atoms with van der Waals surface area (Å²) < 4.78 is 5.16. The number of nitrogens with zero attached hydrogens (tertiary/aromatic N) is 2. The topological polar surface area (TPSA) is 51.0 Å². The number of thioether (sulfide) groups is 1. The largest absolute Gasteiger partial charge is 0.338 e. The van der Waals surface area contributed by atoms with E-state index in [1.54, 1.807) is 11.8 Å². The highest BCUT2D eigenvalue weighted by atomic mass is 35.5. The summed E-state index contributed by atoms with van der Waals surface area (Å²) in [5, 5.41) is 8.05. The molecule has 1 aromatic carbocycles. The molecule has 0 radical (unpaired) electrons. The number of halogens is 2. The zero-order valence-corrected chi connectivity index (χ0v) is 14.1. The molecule has 2 heterocycles.